The number of unbranched alkanes of at least 4 members (excludes halogenated alkanes) is 15. The number of esters is 7. The van der Waals surface area contributed by atoms with Gasteiger partial charge in [-0.15, -0.1) is 0 Å². The monoisotopic (exact) mass is 1580 g/mol. The molecule has 1 saturated heterocycles. The van der Waals surface area contributed by atoms with Crippen LogP contribution < -0.4 is 28.4 Å². The summed E-state index contributed by atoms with van der Waals surface area (Å²) in [4.78, 5) is 88.8. The Bertz CT molecular complexity index is 3490. The van der Waals surface area contributed by atoms with Gasteiger partial charge in [-0.2, -0.15) is 0 Å². The Hall–Kier alpha value is -8.49. The van der Waals surface area contributed by atoms with Crippen molar-refractivity contribution in [2.75, 3.05) is 72.7 Å². The number of hydrogen-bond acceptors (Lipinski definition) is 20. The molecule has 0 radical (unpaired) electrons. The zero-order valence-electron chi connectivity index (χ0n) is 69.0. The predicted molar refractivity (Wildman–Crippen MR) is 440 cm³/mol. The average Bonchev–Trinajstić information content (AvgIpc) is 0.560. The lowest BCUT2D eigenvalue weighted by atomic mass is 9.77. The molecule has 1 aliphatic carbocycles. The van der Waals surface area contributed by atoms with Crippen LogP contribution >= 0.6 is 0 Å². The molecule has 1 heterocycles. The van der Waals surface area contributed by atoms with E-state index in [9.17, 15) is 33.6 Å². The summed E-state index contributed by atoms with van der Waals surface area (Å²) >= 11 is 0. The number of hydrogen-bond donors (Lipinski definition) is 0. The molecule has 0 aromatic heterocycles. The van der Waals surface area contributed by atoms with E-state index in [-0.39, 0.29) is 70.6 Å². The fraction of sp³-hybridized carbons (Fsp3) is 0.606. The maximum atomic E-state index is 13.6. The van der Waals surface area contributed by atoms with Crippen LogP contribution in [0.25, 0.3) is 0 Å². The maximum Gasteiger partial charge on any atom is 0.343 e. The van der Waals surface area contributed by atoms with Crippen LogP contribution in [0.3, 0.4) is 0 Å². The summed E-state index contributed by atoms with van der Waals surface area (Å²) in [5, 5.41) is 0. The normalized spacial score (nSPS) is 15.2. The van der Waals surface area contributed by atoms with E-state index in [0.717, 1.165) is 134 Å². The van der Waals surface area contributed by atoms with Gasteiger partial charge in [0.2, 0.25) is 0 Å². The third kappa shape index (κ3) is 39.2. The van der Waals surface area contributed by atoms with Crippen LogP contribution in [0.5, 0.6) is 34.5 Å². The van der Waals surface area contributed by atoms with Crippen LogP contribution in [0.1, 0.15) is 319 Å². The Balaban J connectivity index is 0.663. The molecule has 0 amide bonds. The molecule has 5 aromatic rings. The van der Waals surface area contributed by atoms with Gasteiger partial charge < -0.3 is 61.6 Å². The lowest BCUT2D eigenvalue weighted by Crippen LogP contribution is -2.22. The molecule has 3 unspecified atom stereocenters. The summed E-state index contributed by atoms with van der Waals surface area (Å²) in [5.41, 5.74) is 3.75. The van der Waals surface area contributed by atoms with Gasteiger partial charge in [-0.05, 0) is 299 Å². The molecular weight excluding hydrogens is 1450 g/mol. The minimum atomic E-state index is -0.490. The van der Waals surface area contributed by atoms with E-state index >= 15 is 0 Å². The second kappa shape index (κ2) is 56.7. The van der Waals surface area contributed by atoms with Gasteiger partial charge in [0.25, 0.3) is 0 Å². The third-order valence-corrected chi connectivity index (χ3v) is 21.0. The van der Waals surface area contributed by atoms with Crippen LogP contribution in [0, 0.1) is 11.8 Å². The molecule has 3 atom stereocenters. The Morgan fingerprint density at radius 1 is 0.377 bits per heavy atom. The summed E-state index contributed by atoms with van der Waals surface area (Å²) in [5.74, 6) is 2.87. The van der Waals surface area contributed by atoms with E-state index in [1.165, 1.54) is 68.9 Å². The molecule has 0 N–H and O–H groups in total. The first kappa shape index (κ1) is 92.7. The van der Waals surface area contributed by atoms with Crippen molar-refractivity contribution in [1.29, 1.82) is 0 Å². The molecule has 114 heavy (non-hydrogen) atoms. The highest BCUT2D eigenvalue weighted by molar-refractivity contribution is 5.93. The summed E-state index contributed by atoms with van der Waals surface area (Å²) < 4.78 is 74.0. The molecule has 1 aliphatic heterocycles. The van der Waals surface area contributed by atoms with Crippen molar-refractivity contribution in [3.8, 4) is 34.5 Å². The van der Waals surface area contributed by atoms with E-state index in [4.69, 9.17) is 61.6 Å². The molecule has 5 aromatic carbocycles. The topological polar surface area (TPSA) is 239 Å². The zero-order valence-corrected chi connectivity index (χ0v) is 69.0. The van der Waals surface area contributed by atoms with Crippen LogP contribution in [0.2, 0.25) is 0 Å². The number of carbonyl (C=O) groups excluding carboxylic acids is 7. The van der Waals surface area contributed by atoms with E-state index < -0.39 is 41.8 Å². The first-order valence-electron chi connectivity index (χ1n) is 43.2. The van der Waals surface area contributed by atoms with Crippen LogP contribution in [0.15, 0.2) is 115 Å². The van der Waals surface area contributed by atoms with Crippen LogP contribution in [-0.2, 0) is 52.3 Å². The lowest BCUT2D eigenvalue weighted by Gasteiger charge is -2.28. The average molecular weight is 1580 g/mol. The van der Waals surface area contributed by atoms with Gasteiger partial charge in [0, 0.05) is 13.2 Å². The molecular formula is C94H132O20. The van der Waals surface area contributed by atoms with Gasteiger partial charge in [0.05, 0.1) is 96.3 Å². The summed E-state index contributed by atoms with van der Waals surface area (Å²) in [6.45, 7) is 13.6. The lowest BCUT2D eigenvalue weighted by molar-refractivity contribution is -0.162. The van der Waals surface area contributed by atoms with Crippen molar-refractivity contribution in [3.05, 3.63) is 143 Å². The Morgan fingerprint density at radius 2 is 0.789 bits per heavy atom. The van der Waals surface area contributed by atoms with Gasteiger partial charge in [-0.1, -0.05) is 90.5 Å². The van der Waals surface area contributed by atoms with E-state index in [1.807, 2.05) is 36.4 Å². The fourth-order valence-electron chi connectivity index (χ4n) is 14.1. The quantitative estimate of drug-likeness (QED) is 0.0152. The van der Waals surface area contributed by atoms with Gasteiger partial charge in [-0.3, -0.25) is 19.2 Å². The smallest absolute Gasteiger partial charge is 0.343 e. The Kier molecular flexibility index (Phi) is 46.1. The molecule has 628 valence electrons. The number of rotatable bonds is 60. The molecule has 0 spiro atoms. The highest BCUT2D eigenvalue weighted by atomic mass is 16.7. The number of ether oxygens (including phenoxy) is 13. The second-order valence-electron chi connectivity index (χ2n) is 30.7. The predicted octanol–water partition coefficient (Wildman–Crippen LogP) is 21.7. The first-order valence-corrected chi connectivity index (χ1v) is 43.2. The Labute approximate surface area is 679 Å². The minimum absolute atomic E-state index is 0.0388. The number of benzene rings is 5. The van der Waals surface area contributed by atoms with Crippen molar-refractivity contribution in [3.63, 3.8) is 0 Å². The van der Waals surface area contributed by atoms with Crippen LogP contribution in [-0.4, -0.2) is 121 Å². The molecule has 20 heteroatoms. The van der Waals surface area contributed by atoms with Crippen LogP contribution in [0.4, 0.5) is 0 Å². The molecule has 2 fully saturated rings. The number of carbonyl (C=O) groups is 7. The van der Waals surface area contributed by atoms with Crippen molar-refractivity contribution >= 4 is 41.8 Å². The van der Waals surface area contributed by atoms with E-state index in [0.29, 0.717) is 129 Å². The highest BCUT2D eigenvalue weighted by Gasteiger charge is 2.24. The molecule has 2 aliphatic rings. The summed E-state index contributed by atoms with van der Waals surface area (Å²) in [6, 6.07) is 34.9. The first-order chi connectivity index (χ1) is 55.7. The Morgan fingerprint density at radius 3 is 1.24 bits per heavy atom. The second-order valence-corrected chi connectivity index (χ2v) is 30.7. The van der Waals surface area contributed by atoms with Gasteiger partial charge >= 0.3 is 41.8 Å². The van der Waals surface area contributed by atoms with Gasteiger partial charge in [-0.25, -0.2) is 14.4 Å². The minimum Gasteiger partial charge on any atom is -0.494 e. The molecule has 7 rings (SSSR count). The summed E-state index contributed by atoms with van der Waals surface area (Å²) in [6.07, 6.45) is 31.3. The van der Waals surface area contributed by atoms with Gasteiger partial charge in [0.1, 0.15) is 40.1 Å². The SMILES string of the molecule is CCCC(C)CCC(C)c1ccc(OC(=O)c2ccc(OCCCCCCOC(=O)CCC(=O)OCCCCCCOc3ccc(OCCCCCCOC(=O)CCC(=O)OCCCCCCOc4ccc(C(=O)Oc5ccc(C6CCC(CCC)CC6)cc5)cc4)cc3C(=O)OCCCCCCOC3CCCCO3)cc2)cc1. The summed E-state index contributed by atoms with van der Waals surface area (Å²) in [7, 11) is 0. The molecule has 20 nitrogen and oxygen atoms in total. The molecule has 0 bridgehead atoms. The van der Waals surface area contributed by atoms with Crippen molar-refractivity contribution in [2.24, 2.45) is 11.8 Å². The van der Waals surface area contributed by atoms with E-state index in [2.05, 4.69) is 39.8 Å². The van der Waals surface area contributed by atoms with Crippen molar-refractivity contribution in [2.45, 2.75) is 283 Å². The highest BCUT2D eigenvalue weighted by Crippen LogP contribution is 2.38. The third-order valence-electron chi connectivity index (χ3n) is 21.0. The van der Waals surface area contributed by atoms with Crippen molar-refractivity contribution < 1.29 is 95.1 Å². The van der Waals surface area contributed by atoms with Gasteiger partial charge in [0.15, 0.2) is 6.29 Å². The standard InChI is InChI=1S/C94H132O20/c1-5-29-72(3)32-33-73(4)75-38-50-82(51-39-75)113-92(99)78-42-46-80(47-43-78)102-60-18-7-11-23-65-107-88(96)58-59-90(98)109-67-25-14-10-21-63-105-86-55-54-84(71-85(86)94(101)112-70-27-16-15-26-68-110-91-31-17-28-69-111-91)104-62-20-9-13-24-66-108-89(97)57-56-87(95)106-64-22-12-8-19-61-103-81-48-44-79(45-49-81)93(100)114-83-52-40-77(41-53-83)76-36-34-74(30-6-2)35-37-76/h38-55,71-74,76,91H,5-37,56-70H2,1-4H3. The largest absolute Gasteiger partial charge is 0.494 e. The molecule has 1 saturated carbocycles. The maximum absolute atomic E-state index is 13.6. The van der Waals surface area contributed by atoms with E-state index in [1.54, 1.807) is 66.7 Å². The van der Waals surface area contributed by atoms with Crippen molar-refractivity contribution in [1.82, 2.24) is 0 Å². The fourth-order valence-corrected chi connectivity index (χ4v) is 14.1. The zero-order chi connectivity index (χ0) is 80.8.